The fourth-order valence-corrected chi connectivity index (χ4v) is 0.570. The first-order valence-electron chi connectivity index (χ1n) is 3.71. The number of hydrogen-bond donors (Lipinski definition) is 2. The van der Waals surface area contributed by atoms with Gasteiger partial charge in [-0.25, -0.2) is 0 Å². The van der Waals surface area contributed by atoms with E-state index in [-0.39, 0.29) is 0 Å². The van der Waals surface area contributed by atoms with Crippen molar-refractivity contribution in [3.8, 4) is 0 Å². The molecular weight excluding hydrogens is 136 g/mol. The standard InChI is InChI=1S/C9H16N2/c1-3-4-5-6-7-8-11-9-10-2/h3-7,10-11H,1,8-9H2,2H3/b5-4-,7-6-. The average Bonchev–Trinajstić information content (AvgIpc) is 2.03. The van der Waals surface area contributed by atoms with Crippen molar-refractivity contribution in [1.82, 2.24) is 10.6 Å². The predicted molar refractivity (Wildman–Crippen MR) is 50.4 cm³/mol. The lowest BCUT2D eigenvalue weighted by atomic mass is 10.4. The highest BCUT2D eigenvalue weighted by Crippen LogP contribution is 1.75. The first-order valence-corrected chi connectivity index (χ1v) is 3.71. The zero-order valence-corrected chi connectivity index (χ0v) is 7.01. The highest BCUT2D eigenvalue weighted by molar-refractivity contribution is 5.09. The van der Waals surface area contributed by atoms with Gasteiger partial charge < -0.3 is 10.6 Å². The number of nitrogens with one attached hydrogen (secondary N) is 2. The van der Waals surface area contributed by atoms with Gasteiger partial charge in [-0.2, -0.15) is 0 Å². The van der Waals surface area contributed by atoms with Crippen molar-refractivity contribution >= 4 is 0 Å². The van der Waals surface area contributed by atoms with Crippen LogP contribution < -0.4 is 10.6 Å². The molecule has 2 nitrogen and oxygen atoms in total. The second-order valence-corrected chi connectivity index (χ2v) is 2.03. The Morgan fingerprint density at radius 2 is 2.09 bits per heavy atom. The van der Waals surface area contributed by atoms with Gasteiger partial charge in [0.25, 0.3) is 0 Å². The van der Waals surface area contributed by atoms with Crippen LogP contribution in [0.1, 0.15) is 0 Å². The van der Waals surface area contributed by atoms with E-state index in [0.717, 1.165) is 13.2 Å². The van der Waals surface area contributed by atoms with Crippen LogP contribution in [0.2, 0.25) is 0 Å². The normalized spacial score (nSPS) is 11.4. The third-order valence-corrected chi connectivity index (χ3v) is 1.06. The summed E-state index contributed by atoms with van der Waals surface area (Å²) in [6.45, 7) is 5.30. The van der Waals surface area contributed by atoms with E-state index >= 15 is 0 Å². The Morgan fingerprint density at radius 3 is 2.73 bits per heavy atom. The Kier molecular flexibility index (Phi) is 8.43. The molecule has 0 aromatic carbocycles. The molecule has 0 radical (unpaired) electrons. The first-order chi connectivity index (χ1) is 5.41. The maximum atomic E-state index is 3.56. The summed E-state index contributed by atoms with van der Waals surface area (Å²) in [5.41, 5.74) is 0. The van der Waals surface area contributed by atoms with Crippen LogP contribution in [0.5, 0.6) is 0 Å². The van der Waals surface area contributed by atoms with E-state index in [0.29, 0.717) is 0 Å². The van der Waals surface area contributed by atoms with Crippen molar-refractivity contribution < 1.29 is 0 Å². The molecule has 2 heteroatoms. The van der Waals surface area contributed by atoms with E-state index in [1.54, 1.807) is 6.08 Å². The van der Waals surface area contributed by atoms with Crippen molar-refractivity contribution in [3.05, 3.63) is 37.0 Å². The van der Waals surface area contributed by atoms with Crippen molar-refractivity contribution in [2.75, 3.05) is 20.3 Å². The topological polar surface area (TPSA) is 24.1 Å². The molecule has 0 aliphatic rings. The minimum Gasteiger partial charge on any atom is -0.308 e. The molecule has 0 aromatic heterocycles. The van der Waals surface area contributed by atoms with Crippen LogP contribution in [0.25, 0.3) is 0 Å². The monoisotopic (exact) mass is 152 g/mol. The van der Waals surface area contributed by atoms with E-state index < -0.39 is 0 Å². The molecule has 0 unspecified atom stereocenters. The summed E-state index contributed by atoms with van der Waals surface area (Å²) >= 11 is 0. The number of allylic oxidation sites excluding steroid dienone is 4. The van der Waals surface area contributed by atoms with Crippen molar-refractivity contribution in [3.63, 3.8) is 0 Å². The smallest absolute Gasteiger partial charge is 0.0454 e. The molecule has 0 heterocycles. The van der Waals surface area contributed by atoms with Crippen molar-refractivity contribution in [2.45, 2.75) is 0 Å². The number of hydrogen-bond acceptors (Lipinski definition) is 2. The second kappa shape index (κ2) is 9.14. The molecule has 0 rings (SSSR count). The lowest BCUT2D eigenvalue weighted by Crippen LogP contribution is -2.25. The molecule has 0 aromatic rings. The Hall–Kier alpha value is -0.860. The predicted octanol–water partition coefficient (Wildman–Crippen LogP) is 1.05. The molecule has 0 amide bonds. The summed E-state index contributed by atoms with van der Waals surface area (Å²) in [5, 5.41) is 6.14. The third-order valence-electron chi connectivity index (χ3n) is 1.06. The molecule has 0 aliphatic heterocycles. The Morgan fingerprint density at radius 1 is 1.27 bits per heavy atom. The van der Waals surface area contributed by atoms with Gasteiger partial charge in [-0.1, -0.05) is 37.0 Å². The zero-order valence-electron chi connectivity index (χ0n) is 7.01. The fraction of sp³-hybridized carbons (Fsp3) is 0.333. The second-order valence-electron chi connectivity index (χ2n) is 2.03. The van der Waals surface area contributed by atoms with Gasteiger partial charge in [0.2, 0.25) is 0 Å². The molecule has 2 N–H and O–H groups in total. The summed E-state index contributed by atoms with van der Waals surface area (Å²) < 4.78 is 0. The lowest BCUT2D eigenvalue weighted by molar-refractivity contribution is 0.674. The van der Waals surface area contributed by atoms with Gasteiger partial charge in [-0.3, -0.25) is 0 Å². The molecule has 0 saturated carbocycles. The lowest BCUT2D eigenvalue weighted by Gasteiger charge is -1.96. The van der Waals surface area contributed by atoms with Crippen molar-refractivity contribution in [2.24, 2.45) is 0 Å². The van der Waals surface area contributed by atoms with Gasteiger partial charge in [-0.15, -0.1) is 0 Å². The number of rotatable bonds is 6. The molecule has 0 bridgehead atoms. The van der Waals surface area contributed by atoms with Gasteiger partial charge in [0.05, 0.1) is 0 Å². The Bertz CT molecular complexity index is 136. The van der Waals surface area contributed by atoms with Crippen molar-refractivity contribution in [1.29, 1.82) is 0 Å². The Labute approximate surface area is 68.7 Å². The van der Waals surface area contributed by atoms with Crippen LogP contribution in [0.4, 0.5) is 0 Å². The largest absolute Gasteiger partial charge is 0.308 e. The molecule has 0 aliphatic carbocycles. The molecule has 0 saturated heterocycles. The molecule has 62 valence electrons. The highest BCUT2D eigenvalue weighted by atomic mass is 15.0. The van der Waals surface area contributed by atoms with Crippen LogP contribution in [-0.2, 0) is 0 Å². The molecule has 0 atom stereocenters. The average molecular weight is 152 g/mol. The summed E-state index contributed by atoms with van der Waals surface area (Å²) in [5.74, 6) is 0. The minimum absolute atomic E-state index is 0.843. The summed E-state index contributed by atoms with van der Waals surface area (Å²) in [6.07, 6.45) is 9.65. The quantitative estimate of drug-likeness (QED) is 0.338. The van der Waals surface area contributed by atoms with Gasteiger partial charge in [0.15, 0.2) is 0 Å². The summed E-state index contributed by atoms with van der Waals surface area (Å²) in [4.78, 5) is 0. The maximum absolute atomic E-state index is 3.56. The zero-order chi connectivity index (χ0) is 8.36. The first kappa shape index (κ1) is 10.1. The minimum atomic E-state index is 0.843. The highest BCUT2D eigenvalue weighted by Gasteiger charge is 1.74. The summed E-state index contributed by atoms with van der Waals surface area (Å²) in [7, 11) is 1.91. The van der Waals surface area contributed by atoms with E-state index in [1.165, 1.54) is 0 Å². The van der Waals surface area contributed by atoms with Crippen LogP contribution in [0, 0.1) is 0 Å². The fourth-order valence-electron chi connectivity index (χ4n) is 0.570. The van der Waals surface area contributed by atoms with Gasteiger partial charge in [0, 0.05) is 13.2 Å². The van der Waals surface area contributed by atoms with Gasteiger partial charge in [0.1, 0.15) is 0 Å². The van der Waals surface area contributed by atoms with Gasteiger partial charge >= 0.3 is 0 Å². The van der Waals surface area contributed by atoms with E-state index in [2.05, 4.69) is 23.3 Å². The van der Waals surface area contributed by atoms with Crippen LogP contribution in [0.15, 0.2) is 37.0 Å². The van der Waals surface area contributed by atoms with Crippen LogP contribution in [-0.4, -0.2) is 20.3 Å². The van der Waals surface area contributed by atoms with Crippen LogP contribution >= 0.6 is 0 Å². The molecule has 0 spiro atoms. The van der Waals surface area contributed by atoms with Crippen LogP contribution in [0.3, 0.4) is 0 Å². The molecule has 0 fully saturated rings. The molecular formula is C9H16N2. The maximum Gasteiger partial charge on any atom is 0.0454 e. The van der Waals surface area contributed by atoms with Gasteiger partial charge in [-0.05, 0) is 7.05 Å². The van der Waals surface area contributed by atoms with E-state index in [4.69, 9.17) is 0 Å². The molecule has 11 heavy (non-hydrogen) atoms. The Balaban J connectivity index is 3.15. The third kappa shape index (κ3) is 9.14. The van der Waals surface area contributed by atoms with E-state index in [1.807, 2.05) is 25.3 Å². The SMILES string of the molecule is C=C/C=C\C=C/CNCNC. The summed E-state index contributed by atoms with van der Waals surface area (Å²) in [6, 6.07) is 0. The van der Waals surface area contributed by atoms with E-state index in [9.17, 15) is 0 Å².